The number of hydrogen-bond donors (Lipinski definition) is 2. The van der Waals surface area contributed by atoms with Crippen LogP contribution in [0.5, 0.6) is 0 Å². The molecule has 0 saturated heterocycles. The third-order valence-corrected chi connectivity index (χ3v) is 5.70. The SMILES string of the molecule is CC1Nc2c(cccc2C(=O)NCCCN2CCCc3ccccc32)CC1=O. The Morgan fingerprint density at radius 3 is 2.89 bits per heavy atom. The van der Waals surface area contributed by atoms with Gasteiger partial charge in [-0.05, 0) is 49.4 Å². The fourth-order valence-electron chi connectivity index (χ4n) is 4.16. The van der Waals surface area contributed by atoms with Gasteiger partial charge in [0.05, 0.1) is 17.3 Å². The monoisotopic (exact) mass is 377 g/mol. The first-order chi connectivity index (χ1) is 13.6. The fraction of sp³-hybridized carbons (Fsp3) is 0.391. The van der Waals surface area contributed by atoms with Crippen molar-refractivity contribution in [2.24, 2.45) is 0 Å². The number of hydrogen-bond acceptors (Lipinski definition) is 4. The molecule has 0 radical (unpaired) electrons. The Morgan fingerprint density at radius 2 is 2.00 bits per heavy atom. The molecule has 0 saturated carbocycles. The highest BCUT2D eigenvalue weighted by Gasteiger charge is 2.25. The van der Waals surface area contributed by atoms with E-state index in [4.69, 9.17) is 0 Å². The van der Waals surface area contributed by atoms with Crippen LogP contribution in [0.25, 0.3) is 0 Å². The topological polar surface area (TPSA) is 61.4 Å². The summed E-state index contributed by atoms with van der Waals surface area (Å²) in [5, 5.41) is 6.24. The van der Waals surface area contributed by atoms with Crippen LogP contribution in [0.2, 0.25) is 0 Å². The predicted molar refractivity (Wildman–Crippen MR) is 112 cm³/mol. The third kappa shape index (κ3) is 3.75. The zero-order valence-corrected chi connectivity index (χ0v) is 16.3. The van der Waals surface area contributed by atoms with E-state index in [0.29, 0.717) is 18.5 Å². The summed E-state index contributed by atoms with van der Waals surface area (Å²) in [4.78, 5) is 27.0. The molecular formula is C23H27N3O2. The molecule has 2 aliphatic heterocycles. The van der Waals surface area contributed by atoms with Crippen LogP contribution >= 0.6 is 0 Å². The number of ketones is 1. The smallest absolute Gasteiger partial charge is 0.253 e. The molecule has 0 bridgehead atoms. The van der Waals surface area contributed by atoms with Gasteiger partial charge in [0.2, 0.25) is 0 Å². The number of para-hydroxylation sites is 2. The van der Waals surface area contributed by atoms with Crippen molar-refractivity contribution >= 4 is 23.1 Å². The molecule has 2 N–H and O–H groups in total. The van der Waals surface area contributed by atoms with Gasteiger partial charge in [-0.2, -0.15) is 0 Å². The number of fused-ring (bicyclic) bond motifs is 2. The quantitative estimate of drug-likeness (QED) is 0.786. The first-order valence-electron chi connectivity index (χ1n) is 10.2. The van der Waals surface area contributed by atoms with Gasteiger partial charge in [-0.25, -0.2) is 0 Å². The second kappa shape index (κ2) is 8.05. The Kier molecular flexibility index (Phi) is 5.33. The van der Waals surface area contributed by atoms with Crippen LogP contribution in [0.1, 0.15) is 41.3 Å². The summed E-state index contributed by atoms with van der Waals surface area (Å²) >= 11 is 0. The van der Waals surface area contributed by atoms with Crippen LogP contribution in [0.3, 0.4) is 0 Å². The molecule has 1 amide bonds. The van der Waals surface area contributed by atoms with Crippen LogP contribution < -0.4 is 15.5 Å². The number of amides is 1. The Bertz CT molecular complexity index is 893. The standard InChI is InChI=1S/C23H27N3O2/c1-16-21(27)15-18-8-4-10-19(22(18)25-16)23(28)24-12-6-14-26-13-5-9-17-7-2-3-11-20(17)26/h2-4,7-8,10-11,16,25H,5-6,9,12-15H2,1H3,(H,24,28). The van der Waals surface area contributed by atoms with Crippen molar-refractivity contribution < 1.29 is 9.59 Å². The van der Waals surface area contributed by atoms with Crippen LogP contribution in [-0.4, -0.2) is 37.4 Å². The van der Waals surface area contributed by atoms with Crippen molar-refractivity contribution in [3.63, 3.8) is 0 Å². The van der Waals surface area contributed by atoms with Gasteiger partial charge in [0, 0.05) is 31.7 Å². The minimum absolute atomic E-state index is 0.0788. The average molecular weight is 377 g/mol. The fourth-order valence-corrected chi connectivity index (χ4v) is 4.16. The number of nitrogens with one attached hydrogen (secondary N) is 2. The first kappa shape index (κ1) is 18.5. The van der Waals surface area contributed by atoms with Gasteiger partial charge < -0.3 is 15.5 Å². The molecule has 2 heterocycles. The number of benzene rings is 2. The van der Waals surface area contributed by atoms with E-state index >= 15 is 0 Å². The van der Waals surface area contributed by atoms with Crippen molar-refractivity contribution in [1.82, 2.24) is 5.32 Å². The molecule has 28 heavy (non-hydrogen) atoms. The maximum absolute atomic E-state index is 12.7. The van der Waals surface area contributed by atoms with E-state index in [-0.39, 0.29) is 17.7 Å². The first-order valence-corrected chi connectivity index (χ1v) is 10.2. The van der Waals surface area contributed by atoms with Gasteiger partial charge in [0.25, 0.3) is 5.91 Å². The van der Waals surface area contributed by atoms with Gasteiger partial charge >= 0.3 is 0 Å². The summed E-state index contributed by atoms with van der Waals surface area (Å²) in [7, 11) is 0. The number of Topliss-reactive ketones (excluding diaryl/α,β-unsaturated/α-hetero) is 1. The second-order valence-corrected chi connectivity index (χ2v) is 7.68. The summed E-state index contributed by atoms with van der Waals surface area (Å²) in [5.74, 6) is 0.0804. The van der Waals surface area contributed by atoms with Gasteiger partial charge in [-0.15, -0.1) is 0 Å². The lowest BCUT2D eigenvalue weighted by Crippen LogP contribution is -2.35. The zero-order valence-electron chi connectivity index (χ0n) is 16.3. The predicted octanol–water partition coefficient (Wildman–Crippen LogP) is 3.18. The van der Waals surface area contributed by atoms with Crippen molar-refractivity contribution in [3.05, 3.63) is 59.2 Å². The zero-order chi connectivity index (χ0) is 19.5. The van der Waals surface area contributed by atoms with E-state index in [2.05, 4.69) is 39.8 Å². The van der Waals surface area contributed by atoms with Gasteiger partial charge in [-0.3, -0.25) is 9.59 Å². The van der Waals surface area contributed by atoms with Crippen molar-refractivity contribution in [2.75, 3.05) is 29.9 Å². The number of carbonyl (C=O) groups excluding carboxylic acids is 2. The lowest BCUT2D eigenvalue weighted by atomic mass is 9.94. The maximum atomic E-state index is 12.7. The van der Waals surface area contributed by atoms with E-state index in [1.54, 1.807) is 0 Å². The van der Waals surface area contributed by atoms with E-state index in [9.17, 15) is 9.59 Å². The Labute approximate surface area is 166 Å². The molecule has 5 nitrogen and oxygen atoms in total. The molecule has 2 aromatic rings. The Hall–Kier alpha value is -2.82. The molecule has 1 atom stereocenters. The summed E-state index contributed by atoms with van der Waals surface area (Å²) < 4.78 is 0. The molecule has 0 fully saturated rings. The van der Waals surface area contributed by atoms with E-state index in [1.807, 2.05) is 25.1 Å². The molecular weight excluding hydrogens is 350 g/mol. The van der Waals surface area contributed by atoms with Crippen LogP contribution in [0.4, 0.5) is 11.4 Å². The largest absolute Gasteiger partial charge is 0.375 e. The van der Waals surface area contributed by atoms with E-state index < -0.39 is 0 Å². The minimum atomic E-state index is -0.249. The summed E-state index contributed by atoms with van der Waals surface area (Å²) in [5.41, 5.74) is 5.08. The van der Waals surface area contributed by atoms with Crippen molar-refractivity contribution in [3.8, 4) is 0 Å². The van der Waals surface area contributed by atoms with Crippen LogP contribution in [-0.2, 0) is 17.6 Å². The summed E-state index contributed by atoms with van der Waals surface area (Å²) in [6.45, 7) is 4.49. The third-order valence-electron chi connectivity index (χ3n) is 5.70. The second-order valence-electron chi connectivity index (χ2n) is 7.68. The molecule has 0 aliphatic carbocycles. The normalized spacial score (nSPS) is 18.1. The summed E-state index contributed by atoms with van der Waals surface area (Å²) in [6, 6.07) is 13.9. The van der Waals surface area contributed by atoms with Crippen molar-refractivity contribution in [1.29, 1.82) is 0 Å². The minimum Gasteiger partial charge on any atom is -0.375 e. The van der Waals surface area contributed by atoms with Crippen LogP contribution in [0.15, 0.2) is 42.5 Å². The summed E-state index contributed by atoms with van der Waals surface area (Å²) in [6.07, 6.45) is 3.62. The molecule has 2 aliphatic rings. The highest BCUT2D eigenvalue weighted by Crippen LogP contribution is 2.28. The molecule has 146 valence electrons. The Morgan fingerprint density at radius 1 is 1.18 bits per heavy atom. The van der Waals surface area contributed by atoms with Crippen LogP contribution in [0, 0.1) is 0 Å². The average Bonchev–Trinajstić information content (AvgIpc) is 2.71. The molecule has 0 aromatic heterocycles. The molecule has 4 rings (SSSR count). The highest BCUT2D eigenvalue weighted by molar-refractivity contribution is 6.03. The van der Waals surface area contributed by atoms with Gasteiger partial charge in [0.1, 0.15) is 0 Å². The van der Waals surface area contributed by atoms with Gasteiger partial charge in [0.15, 0.2) is 5.78 Å². The molecule has 0 spiro atoms. The molecule has 1 unspecified atom stereocenters. The lowest BCUT2D eigenvalue weighted by molar-refractivity contribution is -0.119. The molecule has 2 aromatic carbocycles. The van der Waals surface area contributed by atoms with Gasteiger partial charge in [-0.1, -0.05) is 30.3 Å². The van der Waals surface area contributed by atoms with E-state index in [0.717, 1.165) is 37.2 Å². The molecule has 5 heteroatoms. The number of aryl methyl sites for hydroxylation is 1. The Balaban J connectivity index is 1.34. The highest BCUT2D eigenvalue weighted by atomic mass is 16.1. The lowest BCUT2D eigenvalue weighted by Gasteiger charge is -2.31. The number of rotatable bonds is 5. The van der Waals surface area contributed by atoms with E-state index in [1.165, 1.54) is 17.7 Å². The maximum Gasteiger partial charge on any atom is 0.253 e. The number of carbonyl (C=O) groups is 2. The number of anilines is 2. The van der Waals surface area contributed by atoms with Crippen molar-refractivity contribution in [2.45, 2.75) is 38.6 Å². The number of nitrogens with zero attached hydrogens (tertiary/aromatic N) is 1.